The van der Waals surface area contributed by atoms with Crippen LogP contribution in [0.2, 0.25) is 0 Å². The fraction of sp³-hybridized carbons (Fsp3) is 0.312. The van der Waals surface area contributed by atoms with E-state index in [1.807, 2.05) is 48.6 Å². The number of hydrogen-bond donors (Lipinski definition) is 1. The largest absolute Gasteiger partial charge is 0.390 e. The van der Waals surface area contributed by atoms with Crippen molar-refractivity contribution in [3.05, 3.63) is 59.7 Å². The van der Waals surface area contributed by atoms with Gasteiger partial charge in [-0.05, 0) is 20.3 Å². The molecule has 1 aliphatic rings. The van der Waals surface area contributed by atoms with Crippen molar-refractivity contribution in [1.29, 1.82) is 0 Å². The Balaban J connectivity index is 2.13. The number of carbonyl (C=O) groups excluding carboxylic acids is 1. The van der Waals surface area contributed by atoms with Crippen LogP contribution in [0, 0.1) is 5.92 Å². The summed E-state index contributed by atoms with van der Waals surface area (Å²) in [6.45, 7) is 3.58. The van der Waals surface area contributed by atoms with Gasteiger partial charge in [0.15, 0.2) is 5.78 Å². The highest BCUT2D eigenvalue weighted by Gasteiger charge is 2.26. The van der Waals surface area contributed by atoms with E-state index >= 15 is 0 Å². The first kappa shape index (κ1) is 12.8. The van der Waals surface area contributed by atoms with Crippen LogP contribution in [0.25, 0.3) is 0 Å². The van der Waals surface area contributed by atoms with Crippen molar-refractivity contribution in [2.75, 3.05) is 0 Å². The molecule has 0 aromatic heterocycles. The summed E-state index contributed by atoms with van der Waals surface area (Å²) >= 11 is 0. The van der Waals surface area contributed by atoms with E-state index in [-0.39, 0.29) is 11.7 Å². The lowest BCUT2D eigenvalue weighted by atomic mass is 9.83. The molecule has 0 amide bonds. The second kappa shape index (κ2) is 4.91. The summed E-state index contributed by atoms with van der Waals surface area (Å²) in [5, 5.41) is 9.92. The fourth-order valence-corrected chi connectivity index (χ4v) is 2.07. The molecule has 2 rings (SSSR count). The van der Waals surface area contributed by atoms with Crippen LogP contribution in [0.4, 0.5) is 0 Å². The Morgan fingerprint density at radius 1 is 1.28 bits per heavy atom. The maximum Gasteiger partial charge on any atom is 0.192 e. The van der Waals surface area contributed by atoms with Gasteiger partial charge < -0.3 is 5.11 Å². The summed E-state index contributed by atoms with van der Waals surface area (Å²) in [7, 11) is 0. The molecule has 0 heterocycles. The molecule has 1 unspecified atom stereocenters. The first-order valence-electron chi connectivity index (χ1n) is 6.19. The van der Waals surface area contributed by atoms with Crippen LogP contribution in [0.5, 0.6) is 0 Å². The SMILES string of the molecule is CC(C)(O)C1C=CC(C(=O)c2ccccc2)=CC1. The molecule has 0 saturated carbocycles. The number of aliphatic hydroxyl groups is 1. The minimum Gasteiger partial charge on any atom is -0.390 e. The monoisotopic (exact) mass is 242 g/mol. The molecule has 0 fully saturated rings. The van der Waals surface area contributed by atoms with E-state index in [1.54, 1.807) is 13.8 Å². The molecule has 1 atom stereocenters. The first-order valence-corrected chi connectivity index (χ1v) is 6.19. The molecule has 1 aliphatic carbocycles. The molecule has 0 bridgehead atoms. The van der Waals surface area contributed by atoms with Gasteiger partial charge in [-0.15, -0.1) is 0 Å². The molecule has 0 aliphatic heterocycles. The molecule has 2 heteroatoms. The van der Waals surface area contributed by atoms with Crippen molar-refractivity contribution in [3.8, 4) is 0 Å². The maximum atomic E-state index is 12.2. The number of Topliss-reactive ketones (excluding diaryl/α,β-unsaturated/α-hetero) is 1. The van der Waals surface area contributed by atoms with Crippen LogP contribution in [0.1, 0.15) is 30.6 Å². The van der Waals surface area contributed by atoms with Gasteiger partial charge in [-0.1, -0.05) is 48.6 Å². The van der Waals surface area contributed by atoms with E-state index in [2.05, 4.69) is 0 Å². The second-order valence-electron chi connectivity index (χ2n) is 5.21. The topological polar surface area (TPSA) is 37.3 Å². The number of allylic oxidation sites excluding steroid dienone is 3. The molecule has 2 nitrogen and oxygen atoms in total. The van der Waals surface area contributed by atoms with Crippen molar-refractivity contribution >= 4 is 5.78 Å². The summed E-state index contributed by atoms with van der Waals surface area (Å²) in [5.74, 6) is 0.117. The van der Waals surface area contributed by atoms with Gasteiger partial charge in [0.1, 0.15) is 0 Å². The standard InChI is InChI=1S/C16H18O2/c1-16(2,18)14-10-8-13(9-11-14)15(17)12-6-4-3-5-7-12/h3-10,14,18H,11H2,1-2H3. The molecular formula is C16H18O2. The van der Waals surface area contributed by atoms with Gasteiger partial charge in [0, 0.05) is 17.1 Å². The summed E-state index contributed by atoms with van der Waals surface area (Å²) in [6, 6.07) is 9.25. The molecule has 0 radical (unpaired) electrons. The molecule has 1 aromatic carbocycles. The number of hydrogen-bond acceptors (Lipinski definition) is 2. The Labute approximate surface area is 108 Å². The lowest BCUT2D eigenvalue weighted by Crippen LogP contribution is -2.30. The Kier molecular flexibility index (Phi) is 3.48. The molecule has 0 spiro atoms. The zero-order valence-corrected chi connectivity index (χ0v) is 10.8. The van der Waals surface area contributed by atoms with Gasteiger partial charge in [-0.25, -0.2) is 0 Å². The lowest BCUT2D eigenvalue weighted by molar-refractivity contribution is 0.0375. The lowest BCUT2D eigenvalue weighted by Gasteiger charge is -2.27. The van der Waals surface area contributed by atoms with Gasteiger partial charge in [-0.2, -0.15) is 0 Å². The quantitative estimate of drug-likeness (QED) is 0.827. The van der Waals surface area contributed by atoms with Crippen LogP contribution >= 0.6 is 0 Å². The summed E-state index contributed by atoms with van der Waals surface area (Å²) < 4.78 is 0. The zero-order valence-electron chi connectivity index (χ0n) is 10.8. The Morgan fingerprint density at radius 2 is 1.94 bits per heavy atom. The van der Waals surface area contributed by atoms with Gasteiger partial charge in [0.05, 0.1) is 5.60 Å². The molecular weight excluding hydrogens is 224 g/mol. The fourth-order valence-electron chi connectivity index (χ4n) is 2.07. The van der Waals surface area contributed by atoms with E-state index in [0.29, 0.717) is 17.6 Å². The molecule has 18 heavy (non-hydrogen) atoms. The highest BCUT2D eigenvalue weighted by Crippen LogP contribution is 2.27. The molecule has 0 saturated heterocycles. The van der Waals surface area contributed by atoms with Crippen LogP contribution in [0.3, 0.4) is 0 Å². The predicted molar refractivity (Wildman–Crippen MR) is 72.4 cm³/mol. The minimum atomic E-state index is -0.742. The van der Waals surface area contributed by atoms with Gasteiger partial charge >= 0.3 is 0 Å². The van der Waals surface area contributed by atoms with Crippen LogP contribution in [-0.2, 0) is 0 Å². The van der Waals surface area contributed by atoms with E-state index in [0.717, 1.165) is 0 Å². The van der Waals surface area contributed by atoms with Crippen LogP contribution in [0.15, 0.2) is 54.1 Å². The van der Waals surface area contributed by atoms with E-state index in [4.69, 9.17) is 0 Å². The number of ketones is 1. The third-order valence-electron chi connectivity index (χ3n) is 3.31. The molecule has 1 aromatic rings. The van der Waals surface area contributed by atoms with Crippen LogP contribution < -0.4 is 0 Å². The first-order chi connectivity index (χ1) is 8.48. The van der Waals surface area contributed by atoms with E-state index in [1.165, 1.54) is 0 Å². The highest BCUT2D eigenvalue weighted by atomic mass is 16.3. The summed E-state index contributed by atoms with van der Waals surface area (Å²) in [6.07, 6.45) is 6.36. The van der Waals surface area contributed by atoms with E-state index in [9.17, 15) is 9.90 Å². The van der Waals surface area contributed by atoms with E-state index < -0.39 is 5.60 Å². The number of rotatable bonds is 3. The van der Waals surface area contributed by atoms with Crippen molar-refractivity contribution < 1.29 is 9.90 Å². The number of benzene rings is 1. The smallest absolute Gasteiger partial charge is 0.192 e. The average molecular weight is 242 g/mol. The maximum absolute atomic E-state index is 12.2. The van der Waals surface area contributed by atoms with Crippen LogP contribution in [-0.4, -0.2) is 16.5 Å². The Hall–Kier alpha value is -1.67. The summed E-state index contributed by atoms with van der Waals surface area (Å²) in [4.78, 5) is 12.2. The normalized spacial score (nSPS) is 19.5. The van der Waals surface area contributed by atoms with Gasteiger partial charge in [-0.3, -0.25) is 4.79 Å². The molecule has 1 N–H and O–H groups in total. The highest BCUT2D eigenvalue weighted by molar-refractivity contribution is 6.10. The second-order valence-corrected chi connectivity index (χ2v) is 5.21. The van der Waals surface area contributed by atoms with Gasteiger partial charge in [0.25, 0.3) is 0 Å². The minimum absolute atomic E-state index is 0.0426. The third kappa shape index (κ3) is 2.77. The van der Waals surface area contributed by atoms with Crippen molar-refractivity contribution in [2.24, 2.45) is 5.92 Å². The third-order valence-corrected chi connectivity index (χ3v) is 3.31. The van der Waals surface area contributed by atoms with Crippen molar-refractivity contribution in [2.45, 2.75) is 25.9 Å². The predicted octanol–water partition coefficient (Wildman–Crippen LogP) is 3.14. The van der Waals surface area contributed by atoms with Crippen molar-refractivity contribution in [3.63, 3.8) is 0 Å². The van der Waals surface area contributed by atoms with Crippen molar-refractivity contribution in [1.82, 2.24) is 0 Å². The Bertz CT molecular complexity index is 490. The summed E-state index contributed by atoms with van der Waals surface area (Å²) in [5.41, 5.74) is 0.672. The average Bonchev–Trinajstić information content (AvgIpc) is 2.38. The number of carbonyl (C=O) groups is 1. The zero-order chi connectivity index (χ0) is 13.2. The van der Waals surface area contributed by atoms with Gasteiger partial charge in [0.2, 0.25) is 0 Å². The Morgan fingerprint density at radius 3 is 2.44 bits per heavy atom. The molecule has 94 valence electrons.